The van der Waals surface area contributed by atoms with Crippen molar-refractivity contribution in [2.45, 2.75) is 6.61 Å². The summed E-state index contributed by atoms with van der Waals surface area (Å²) in [6, 6.07) is 56.2. The van der Waals surface area contributed by atoms with Crippen molar-refractivity contribution in [3.05, 3.63) is 169 Å². The first-order valence-corrected chi connectivity index (χ1v) is 17.0. The third kappa shape index (κ3) is 5.06. The maximum absolute atomic E-state index is 6.43. The van der Waals surface area contributed by atoms with Crippen molar-refractivity contribution in [3.63, 3.8) is 0 Å². The topological polar surface area (TPSA) is 61.0 Å². The lowest BCUT2D eigenvalue weighted by Crippen LogP contribution is -2.06. The van der Waals surface area contributed by atoms with E-state index in [1.807, 2.05) is 42.5 Å². The molecule has 3 heterocycles. The third-order valence-corrected chi connectivity index (χ3v) is 9.66. The molecule has 2 aromatic heterocycles. The SMILES string of the molecule is c1ccc(-c2cccc(-c3nc(-c4ccc(-c5cccc6c5-c5ccccc5CO6)cc4)nc(-c4cccc5c4oc4ccccc45)n3)c2)cc1. The van der Waals surface area contributed by atoms with Crippen LogP contribution >= 0.6 is 0 Å². The van der Waals surface area contributed by atoms with E-state index in [4.69, 9.17) is 24.1 Å². The van der Waals surface area contributed by atoms with Gasteiger partial charge in [-0.1, -0.05) is 140 Å². The number of hydrogen-bond acceptors (Lipinski definition) is 5. The number of aromatic nitrogens is 3. The van der Waals surface area contributed by atoms with Crippen molar-refractivity contribution >= 4 is 21.9 Å². The van der Waals surface area contributed by atoms with Gasteiger partial charge in [-0.15, -0.1) is 0 Å². The highest BCUT2D eigenvalue weighted by Crippen LogP contribution is 2.44. The van der Waals surface area contributed by atoms with Gasteiger partial charge in [0.25, 0.3) is 0 Å². The van der Waals surface area contributed by atoms with E-state index in [2.05, 4.69) is 121 Å². The number of ether oxygens (including phenoxy) is 1. The number of benzene rings is 7. The van der Waals surface area contributed by atoms with Gasteiger partial charge in [0, 0.05) is 27.5 Å². The Labute approximate surface area is 294 Å². The van der Waals surface area contributed by atoms with E-state index in [9.17, 15) is 0 Å². The Bertz CT molecular complexity index is 2750. The van der Waals surface area contributed by atoms with Gasteiger partial charge in [0.15, 0.2) is 17.5 Å². The minimum absolute atomic E-state index is 0.555. The Balaban J connectivity index is 1.12. The van der Waals surface area contributed by atoms with Crippen LogP contribution in [0.3, 0.4) is 0 Å². The van der Waals surface area contributed by atoms with Gasteiger partial charge in [-0.05, 0) is 57.6 Å². The summed E-state index contributed by atoms with van der Waals surface area (Å²) >= 11 is 0. The zero-order valence-electron chi connectivity index (χ0n) is 27.5. The van der Waals surface area contributed by atoms with E-state index in [1.165, 1.54) is 11.1 Å². The maximum atomic E-state index is 6.43. The van der Waals surface area contributed by atoms with Crippen molar-refractivity contribution in [3.8, 4) is 73.3 Å². The fourth-order valence-corrected chi connectivity index (χ4v) is 7.16. The smallest absolute Gasteiger partial charge is 0.167 e. The Morgan fingerprint density at radius 1 is 0.412 bits per heavy atom. The van der Waals surface area contributed by atoms with Gasteiger partial charge in [0.05, 0.1) is 5.56 Å². The molecule has 0 N–H and O–H groups in total. The van der Waals surface area contributed by atoms with Crippen LogP contribution in [0.2, 0.25) is 0 Å². The van der Waals surface area contributed by atoms with Gasteiger partial charge < -0.3 is 9.15 Å². The van der Waals surface area contributed by atoms with Crippen LogP contribution in [0.15, 0.2) is 168 Å². The molecule has 9 aromatic rings. The van der Waals surface area contributed by atoms with Crippen molar-refractivity contribution in [1.82, 2.24) is 15.0 Å². The highest BCUT2D eigenvalue weighted by molar-refractivity contribution is 6.09. The van der Waals surface area contributed by atoms with Crippen LogP contribution in [0.1, 0.15) is 5.56 Å². The molecule has 5 nitrogen and oxygen atoms in total. The monoisotopic (exact) mass is 655 g/mol. The molecule has 51 heavy (non-hydrogen) atoms. The van der Waals surface area contributed by atoms with E-state index in [1.54, 1.807) is 0 Å². The second-order valence-corrected chi connectivity index (χ2v) is 12.7. The van der Waals surface area contributed by atoms with Crippen LogP contribution < -0.4 is 4.74 Å². The van der Waals surface area contributed by atoms with E-state index < -0.39 is 0 Å². The average molecular weight is 656 g/mol. The normalized spacial score (nSPS) is 12.0. The van der Waals surface area contributed by atoms with Gasteiger partial charge in [0.2, 0.25) is 0 Å². The molecule has 0 atom stereocenters. The fourth-order valence-electron chi connectivity index (χ4n) is 7.16. The van der Waals surface area contributed by atoms with Gasteiger partial charge in [-0.2, -0.15) is 0 Å². The molecule has 0 saturated carbocycles. The second-order valence-electron chi connectivity index (χ2n) is 12.7. The molecule has 0 bridgehead atoms. The zero-order chi connectivity index (χ0) is 33.7. The molecular formula is C46H29N3O2. The predicted octanol–water partition coefficient (Wildman–Crippen LogP) is 11.7. The van der Waals surface area contributed by atoms with Crippen molar-refractivity contribution in [2.24, 2.45) is 0 Å². The summed E-state index contributed by atoms with van der Waals surface area (Å²) in [5, 5.41) is 2.09. The van der Waals surface area contributed by atoms with Crippen molar-refractivity contribution in [1.29, 1.82) is 0 Å². The summed E-state index contributed by atoms with van der Waals surface area (Å²) in [6.45, 7) is 0.575. The highest BCUT2D eigenvalue weighted by Gasteiger charge is 2.22. The summed E-state index contributed by atoms with van der Waals surface area (Å²) in [6.07, 6.45) is 0. The summed E-state index contributed by atoms with van der Waals surface area (Å²) < 4.78 is 12.6. The molecule has 0 spiro atoms. The molecule has 240 valence electrons. The standard InChI is InChI=1S/C46H29N3O2/c1-2-11-29(12-3-1)32-14-8-15-33(27-32)45-47-44(48-46(49-45)39-20-9-19-38-37-17-6-7-21-40(37)51-43(38)39)31-25-23-30(24-26-31)35-18-10-22-41-42(35)36-16-5-4-13-34(36)28-50-41/h1-27H,28H2. The molecule has 5 heteroatoms. The van der Waals surface area contributed by atoms with Crippen LogP contribution in [0.5, 0.6) is 5.75 Å². The van der Waals surface area contributed by atoms with Crippen LogP contribution in [0.4, 0.5) is 0 Å². The first-order valence-electron chi connectivity index (χ1n) is 17.0. The largest absolute Gasteiger partial charge is 0.488 e. The average Bonchev–Trinajstić information content (AvgIpc) is 3.60. The molecule has 10 rings (SSSR count). The number of rotatable bonds is 5. The van der Waals surface area contributed by atoms with E-state index in [-0.39, 0.29) is 0 Å². The molecule has 7 aromatic carbocycles. The Morgan fingerprint density at radius 3 is 1.94 bits per heavy atom. The van der Waals surface area contributed by atoms with E-state index in [0.717, 1.165) is 72.2 Å². The van der Waals surface area contributed by atoms with Gasteiger partial charge in [-0.25, -0.2) is 15.0 Å². The molecule has 1 aliphatic rings. The Morgan fingerprint density at radius 2 is 1.04 bits per heavy atom. The molecule has 0 amide bonds. The summed E-state index contributed by atoms with van der Waals surface area (Å²) in [4.78, 5) is 15.3. The van der Waals surface area contributed by atoms with Crippen molar-refractivity contribution in [2.75, 3.05) is 0 Å². The lowest BCUT2D eigenvalue weighted by atomic mass is 9.89. The molecular weight excluding hydrogens is 627 g/mol. The van der Waals surface area contributed by atoms with E-state index >= 15 is 0 Å². The van der Waals surface area contributed by atoms with Crippen molar-refractivity contribution < 1.29 is 9.15 Å². The predicted molar refractivity (Wildman–Crippen MR) is 204 cm³/mol. The van der Waals surface area contributed by atoms with Gasteiger partial charge in [0.1, 0.15) is 23.5 Å². The molecule has 0 fully saturated rings. The lowest BCUT2D eigenvalue weighted by molar-refractivity contribution is 0.302. The number of para-hydroxylation sites is 2. The minimum Gasteiger partial charge on any atom is -0.488 e. The van der Waals surface area contributed by atoms with Crippen LogP contribution in [0, 0.1) is 0 Å². The summed E-state index contributed by atoms with van der Waals surface area (Å²) in [5.41, 5.74) is 12.2. The molecule has 0 unspecified atom stereocenters. The number of fused-ring (bicyclic) bond motifs is 6. The molecule has 1 aliphatic heterocycles. The maximum Gasteiger partial charge on any atom is 0.167 e. The van der Waals surface area contributed by atoms with Crippen LogP contribution in [-0.4, -0.2) is 15.0 Å². The van der Waals surface area contributed by atoms with Crippen LogP contribution in [-0.2, 0) is 6.61 Å². The number of hydrogen-bond donors (Lipinski definition) is 0. The Hall–Kier alpha value is -6.85. The Kier molecular flexibility index (Phi) is 6.81. The number of furan rings is 1. The lowest BCUT2D eigenvalue weighted by Gasteiger charge is -2.23. The molecule has 0 radical (unpaired) electrons. The first kappa shape index (κ1) is 29.1. The third-order valence-electron chi connectivity index (χ3n) is 9.66. The molecule has 0 aliphatic carbocycles. The zero-order valence-corrected chi connectivity index (χ0v) is 27.5. The number of nitrogens with zero attached hydrogens (tertiary/aromatic N) is 3. The summed E-state index contributed by atoms with van der Waals surface area (Å²) in [7, 11) is 0. The quantitative estimate of drug-likeness (QED) is 0.185. The van der Waals surface area contributed by atoms with Gasteiger partial charge >= 0.3 is 0 Å². The van der Waals surface area contributed by atoms with E-state index in [0.29, 0.717) is 24.1 Å². The minimum atomic E-state index is 0.555. The highest BCUT2D eigenvalue weighted by atomic mass is 16.5. The fraction of sp³-hybridized carbons (Fsp3) is 0.0217. The van der Waals surface area contributed by atoms with Gasteiger partial charge in [-0.3, -0.25) is 0 Å². The second kappa shape index (κ2) is 11.9. The first-order chi connectivity index (χ1) is 25.3. The molecule has 0 saturated heterocycles. The van der Waals surface area contributed by atoms with Crippen LogP contribution in [0.25, 0.3) is 89.5 Å². The summed E-state index contributed by atoms with van der Waals surface area (Å²) in [5.74, 6) is 2.64.